The molecule has 134 valence electrons. The fourth-order valence-corrected chi connectivity index (χ4v) is 1.99. The van der Waals surface area contributed by atoms with Crippen LogP contribution in [0.3, 0.4) is 0 Å². The highest BCUT2D eigenvalue weighted by Gasteiger charge is 2.11. The molecule has 0 unspecified atom stereocenters. The van der Waals surface area contributed by atoms with Gasteiger partial charge in [-0.1, -0.05) is 6.07 Å². The number of methoxy groups -OCH3 is 1. The van der Waals surface area contributed by atoms with Gasteiger partial charge in [-0.25, -0.2) is 5.43 Å². The normalized spacial score (nSPS) is 10.4. The Bertz CT molecular complexity index is 879. The topological polar surface area (TPSA) is 120 Å². The molecule has 0 aromatic heterocycles. The van der Waals surface area contributed by atoms with Crippen LogP contribution in [0.1, 0.15) is 22.8 Å². The molecule has 9 heteroatoms. The number of rotatable bonds is 6. The highest BCUT2D eigenvalue weighted by Crippen LogP contribution is 2.27. The molecular weight excluding hydrogens is 342 g/mol. The van der Waals surface area contributed by atoms with E-state index in [1.807, 2.05) is 0 Å². The number of non-ortho nitro benzene ring substituents is 1. The third kappa shape index (κ3) is 4.87. The molecule has 2 aromatic rings. The van der Waals surface area contributed by atoms with Crippen LogP contribution in [-0.2, 0) is 4.79 Å². The van der Waals surface area contributed by atoms with E-state index in [0.29, 0.717) is 11.3 Å². The number of nitro benzene ring substituents is 1. The maximum absolute atomic E-state index is 12.0. The number of esters is 1. The van der Waals surface area contributed by atoms with Gasteiger partial charge in [0.1, 0.15) is 0 Å². The Labute approximate surface area is 148 Å². The molecule has 0 aliphatic carbocycles. The van der Waals surface area contributed by atoms with Gasteiger partial charge in [0.15, 0.2) is 11.5 Å². The summed E-state index contributed by atoms with van der Waals surface area (Å²) in [6.07, 6.45) is 1.36. The van der Waals surface area contributed by atoms with Crippen molar-refractivity contribution in [3.05, 3.63) is 63.7 Å². The van der Waals surface area contributed by atoms with E-state index in [2.05, 4.69) is 10.5 Å². The van der Waals surface area contributed by atoms with Crippen LogP contribution in [0.15, 0.2) is 47.6 Å². The Kier molecular flexibility index (Phi) is 5.99. The number of carbonyl (C=O) groups excluding carboxylic acids is 2. The Hall–Kier alpha value is -3.75. The molecule has 1 N–H and O–H groups in total. The van der Waals surface area contributed by atoms with Crippen molar-refractivity contribution in [1.82, 2.24) is 5.43 Å². The Morgan fingerprint density at radius 1 is 1.19 bits per heavy atom. The smallest absolute Gasteiger partial charge is 0.308 e. The number of amides is 1. The molecule has 26 heavy (non-hydrogen) atoms. The number of ether oxygens (including phenoxy) is 2. The van der Waals surface area contributed by atoms with E-state index in [1.54, 1.807) is 12.1 Å². The Morgan fingerprint density at radius 3 is 2.62 bits per heavy atom. The average molecular weight is 357 g/mol. The van der Waals surface area contributed by atoms with Gasteiger partial charge in [0.25, 0.3) is 11.6 Å². The second kappa shape index (κ2) is 8.38. The van der Waals surface area contributed by atoms with Crippen molar-refractivity contribution in [3.63, 3.8) is 0 Å². The van der Waals surface area contributed by atoms with Gasteiger partial charge in [0.05, 0.1) is 18.2 Å². The minimum atomic E-state index is -0.589. The summed E-state index contributed by atoms with van der Waals surface area (Å²) in [6.45, 7) is 1.28. The zero-order valence-electron chi connectivity index (χ0n) is 14.0. The maximum Gasteiger partial charge on any atom is 0.308 e. The highest BCUT2D eigenvalue weighted by molar-refractivity contribution is 5.95. The van der Waals surface area contributed by atoms with E-state index in [-0.39, 0.29) is 17.0 Å². The zero-order chi connectivity index (χ0) is 19.1. The summed E-state index contributed by atoms with van der Waals surface area (Å²) in [5, 5.41) is 14.5. The molecule has 1 amide bonds. The van der Waals surface area contributed by atoms with Gasteiger partial charge >= 0.3 is 5.97 Å². The van der Waals surface area contributed by atoms with Crippen LogP contribution in [-0.4, -0.2) is 30.1 Å². The third-order valence-electron chi connectivity index (χ3n) is 3.14. The number of hydrogen-bond acceptors (Lipinski definition) is 7. The van der Waals surface area contributed by atoms with Crippen LogP contribution in [0, 0.1) is 10.1 Å². The predicted octanol–water partition coefficient (Wildman–Crippen LogP) is 2.29. The van der Waals surface area contributed by atoms with Crippen LogP contribution >= 0.6 is 0 Å². The molecule has 2 rings (SSSR count). The lowest BCUT2D eigenvalue weighted by Gasteiger charge is -2.08. The first-order valence-corrected chi connectivity index (χ1v) is 7.35. The van der Waals surface area contributed by atoms with Gasteiger partial charge in [0, 0.05) is 24.6 Å². The summed E-state index contributed by atoms with van der Waals surface area (Å²) in [4.78, 5) is 33.1. The van der Waals surface area contributed by atoms with Crippen molar-refractivity contribution in [2.75, 3.05) is 7.11 Å². The van der Waals surface area contributed by atoms with E-state index in [9.17, 15) is 19.7 Å². The molecular formula is C17H15N3O6. The summed E-state index contributed by atoms with van der Waals surface area (Å²) < 4.78 is 10.1. The fourth-order valence-electron chi connectivity index (χ4n) is 1.99. The maximum atomic E-state index is 12.0. The Balaban J connectivity index is 2.08. The minimum absolute atomic E-state index is 0.110. The minimum Gasteiger partial charge on any atom is -0.493 e. The second-order valence-electron chi connectivity index (χ2n) is 5.01. The highest BCUT2D eigenvalue weighted by atomic mass is 16.6. The van der Waals surface area contributed by atoms with E-state index >= 15 is 0 Å². The quantitative estimate of drug-likeness (QED) is 0.278. The lowest BCUT2D eigenvalue weighted by Crippen LogP contribution is -2.17. The summed E-state index contributed by atoms with van der Waals surface area (Å²) >= 11 is 0. The number of carbonyl (C=O) groups is 2. The predicted molar refractivity (Wildman–Crippen MR) is 92.5 cm³/mol. The van der Waals surface area contributed by atoms with Crippen molar-refractivity contribution in [1.29, 1.82) is 0 Å². The molecule has 9 nitrogen and oxygen atoms in total. The van der Waals surface area contributed by atoms with Crippen molar-refractivity contribution >= 4 is 23.8 Å². The molecule has 0 fully saturated rings. The summed E-state index contributed by atoms with van der Waals surface area (Å²) in [5.41, 5.74) is 2.78. The molecule has 0 saturated heterocycles. The molecule has 0 aliphatic rings. The number of nitrogens with zero attached hydrogens (tertiary/aromatic N) is 2. The molecule has 0 radical (unpaired) electrons. The van der Waals surface area contributed by atoms with Gasteiger partial charge in [0.2, 0.25) is 0 Å². The third-order valence-corrected chi connectivity index (χ3v) is 3.14. The summed E-state index contributed by atoms with van der Waals surface area (Å²) in [5.74, 6) is -0.477. The van der Waals surface area contributed by atoms with Gasteiger partial charge in [-0.05, 0) is 29.8 Å². The number of benzene rings is 2. The van der Waals surface area contributed by atoms with E-state index in [1.165, 1.54) is 44.5 Å². The van der Waals surface area contributed by atoms with Gasteiger partial charge < -0.3 is 9.47 Å². The molecule has 0 saturated carbocycles. The first-order chi connectivity index (χ1) is 12.4. The lowest BCUT2D eigenvalue weighted by molar-refractivity contribution is -0.384. The first kappa shape index (κ1) is 18.6. The molecule has 0 bridgehead atoms. The fraction of sp³-hybridized carbons (Fsp3) is 0.118. The van der Waals surface area contributed by atoms with Crippen LogP contribution in [0.2, 0.25) is 0 Å². The molecule has 0 heterocycles. The van der Waals surface area contributed by atoms with Crippen molar-refractivity contribution in [2.24, 2.45) is 5.10 Å². The monoisotopic (exact) mass is 357 g/mol. The number of nitrogens with one attached hydrogen (secondary N) is 1. The summed E-state index contributed by atoms with van der Waals surface area (Å²) in [7, 11) is 1.42. The van der Waals surface area contributed by atoms with Crippen LogP contribution in [0.4, 0.5) is 5.69 Å². The summed E-state index contributed by atoms with van der Waals surface area (Å²) in [6, 6.07) is 10.0. The van der Waals surface area contributed by atoms with Crippen molar-refractivity contribution in [3.8, 4) is 11.5 Å². The molecule has 0 spiro atoms. The number of nitro groups is 1. The van der Waals surface area contributed by atoms with E-state index in [4.69, 9.17) is 9.47 Å². The number of hydrogen-bond donors (Lipinski definition) is 1. The van der Waals surface area contributed by atoms with Crippen LogP contribution in [0.25, 0.3) is 0 Å². The first-order valence-electron chi connectivity index (χ1n) is 7.35. The SMILES string of the molecule is COc1cc(/C=N\NC(=O)c2cccc([N+](=O)[O-])c2)ccc1OC(C)=O. The van der Waals surface area contributed by atoms with Gasteiger partial charge in [-0.15, -0.1) is 0 Å². The van der Waals surface area contributed by atoms with Crippen LogP contribution < -0.4 is 14.9 Å². The Morgan fingerprint density at radius 2 is 1.96 bits per heavy atom. The lowest BCUT2D eigenvalue weighted by atomic mass is 10.2. The average Bonchev–Trinajstić information content (AvgIpc) is 2.62. The van der Waals surface area contributed by atoms with Crippen LogP contribution in [0.5, 0.6) is 11.5 Å². The van der Waals surface area contributed by atoms with Gasteiger partial charge in [-0.2, -0.15) is 5.10 Å². The van der Waals surface area contributed by atoms with Crippen molar-refractivity contribution < 1.29 is 24.0 Å². The number of hydrazone groups is 1. The molecule has 2 aromatic carbocycles. The zero-order valence-corrected chi connectivity index (χ0v) is 14.0. The largest absolute Gasteiger partial charge is 0.493 e. The molecule has 0 atom stereocenters. The van der Waals surface area contributed by atoms with Crippen molar-refractivity contribution in [2.45, 2.75) is 6.92 Å². The van der Waals surface area contributed by atoms with Gasteiger partial charge in [-0.3, -0.25) is 19.7 Å². The molecule has 0 aliphatic heterocycles. The second-order valence-corrected chi connectivity index (χ2v) is 5.01. The van der Waals surface area contributed by atoms with E-state index in [0.717, 1.165) is 6.07 Å². The standard InChI is InChI=1S/C17H15N3O6/c1-11(21)26-15-7-6-12(8-16(15)25-2)10-18-19-17(22)13-4-3-5-14(9-13)20(23)24/h3-10H,1-2H3,(H,19,22)/b18-10-. The van der Waals surface area contributed by atoms with E-state index < -0.39 is 16.8 Å².